The Kier molecular flexibility index (Phi) is 22.6. The Bertz CT molecular complexity index is 861. The van der Waals surface area contributed by atoms with Crippen LogP contribution in [0.3, 0.4) is 0 Å². The SMILES string of the molecule is CCCCCCCCCCCCCCCCCCOC[C@@H](COC(=O)CCC[n+]1ccccc1)OCc1ccccc1. The summed E-state index contributed by atoms with van der Waals surface area (Å²) in [4.78, 5) is 12.3. The van der Waals surface area contributed by atoms with Gasteiger partial charge in [-0.1, -0.05) is 140 Å². The highest BCUT2D eigenvalue weighted by molar-refractivity contribution is 5.69. The zero-order valence-corrected chi connectivity index (χ0v) is 26.7. The molecule has 0 spiro atoms. The van der Waals surface area contributed by atoms with E-state index < -0.39 is 0 Å². The molecule has 0 radical (unpaired) electrons. The molecule has 0 aliphatic rings. The van der Waals surface area contributed by atoms with Crippen molar-refractivity contribution >= 4 is 5.97 Å². The topological polar surface area (TPSA) is 48.6 Å². The summed E-state index contributed by atoms with van der Waals surface area (Å²) in [6, 6.07) is 16.1. The molecule has 5 nitrogen and oxygen atoms in total. The molecule has 0 bridgehead atoms. The molecule has 1 atom stereocenters. The number of esters is 1. The minimum atomic E-state index is -0.265. The van der Waals surface area contributed by atoms with Crippen molar-refractivity contribution in [3.8, 4) is 0 Å². The van der Waals surface area contributed by atoms with Crippen LogP contribution in [0.1, 0.15) is 128 Å². The van der Waals surface area contributed by atoms with E-state index in [-0.39, 0.29) is 18.7 Å². The van der Waals surface area contributed by atoms with E-state index in [1.54, 1.807) is 0 Å². The Morgan fingerprint density at radius 1 is 0.667 bits per heavy atom. The van der Waals surface area contributed by atoms with Crippen LogP contribution in [0.15, 0.2) is 60.9 Å². The van der Waals surface area contributed by atoms with Gasteiger partial charge in [-0.3, -0.25) is 4.79 Å². The van der Waals surface area contributed by atoms with Crippen molar-refractivity contribution in [2.75, 3.05) is 19.8 Å². The van der Waals surface area contributed by atoms with Crippen LogP contribution in [0, 0.1) is 0 Å². The maximum atomic E-state index is 12.3. The molecule has 42 heavy (non-hydrogen) atoms. The predicted octanol–water partition coefficient (Wildman–Crippen LogP) is 9.16. The fourth-order valence-corrected chi connectivity index (χ4v) is 5.15. The largest absolute Gasteiger partial charge is 0.463 e. The van der Waals surface area contributed by atoms with Gasteiger partial charge in [0.1, 0.15) is 19.3 Å². The molecule has 0 N–H and O–H groups in total. The summed E-state index contributed by atoms with van der Waals surface area (Å²) in [5.74, 6) is -0.183. The van der Waals surface area contributed by atoms with Crippen molar-refractivity contribution in [3.63, 3.8) is 0 Å². The van der Waals surface area contributed by atoms with E-state index in [2.05, 4.69) is 11.5 Å². The van der Waals surface area contributed by atoms with Crippen LogP contribution in [0.5, 0.6) is 0 Å². The first-order valence-electron chi connectivity index (χ1n) is 17.1. The Morgan fingerprint density at radius 2 is 1.21 bits per heavy atom. The Labute approximate surface area is 257 Å². The zero-order valence-electron chi connectivity index (χ0n) is 26.7. The van der Waals surface area contributed by atoms with Crippen molar-refractivity contribution in [2.24, 2.45) is 0 Å². The molecule has 1 aromatic heterocycles. The molecule has 0 amide bonds. The third-order valence-corrected chi connectivity index (χ3v) is 7.78. The number of carbonyl (C=O) groups is 1. The number of aromatic nitrogens is 1. The summed E-state index contributed by atoms with van der Waals surface area (Å²) in [5.41, 5.74) is 1.10. The average molecular weight is 583 g/mol. The van der Waals surface area contributed by atoms with Crippen LogP contribution in [0.2, 0.25) is 0 Å². The van der Waals surface area contributed by atoms with Gasteiger partial charge < -0.3 is 14.2 Å². The molecule has 5 heteroatoms. The molecular formula is C37H60NO4+. The lowest BCUT2D eigenvalue weighted by molar-refractivity contribution is -0.697. The Hall–Kier alpha value is -2.24. The molecule has 1 heterocycles. The van der Waals surface area contributed by atoms with Gasteiger partial charge in [0, 0.05) is 25.2 Å². The highest BCUT2D eigenvalue weighted by atomic mass is 16.6. The monoisotopic (exact) mass is 582 g/mol. The average Bonchev–Trinajstić information content (AvgIpc) is 3.02. The number of hydrogen-bond acceptors (Lipinski definition) is 4. The summed E-state index contributed by atoms with van der Waals surface area (Å²) < 4.78 is 19.7. The zero-order chi connectivity index (χ0) is 29.8. The van der Waals surface area contributed by atoms with Gasteiger partial charge in [0.25, 0.3) is 0 Å². The fraction of sp³-hybridized carbons (Fsp3) is 0.676. The molecular weight excluding hydrogens is 522 g/mol. The summed E-state index contributed by atoms with van der Waals surface area (Å²) >= 11 is 0. The number of carbonyl (C=O) groups excluding carboxylic acids is 1. The van der Waals surface area contributed by atoms with E-state index >= 15 is 0 Å². The number of pyridine rings is 1. The summed E-state index contributed by atoms with van der Waals surface area (Å²) in [6.07, 6.45) is 26.7. The molecule has 2 rings (SSSR count). The molecule has 0 saturated carbocycles. The minimum Gasteiger partial charge on any atom is -0.463 e. The molecule has 0 fully saturated rings. The van der Waals surface area contributed by atoms with Gasteiger partial charge >= 0.3 is 5.97 Å². The first-order chi connectivity index (χ1) is 20.8. The van der Waals surface area contributed by atoms with E-state index in [4.69, 9.17) is 14.2 Å². The number of hydrogen-bond donors (Lipinski definition) is 0. The summed E-state index contributed by atoms with van der Waals surface area (Å²) in [7, 11) is 0. The normalized spacial score (nSPS) is 11.9. The number of benzene rings is 1. The molecule has 236 valence electrons. The Morgan fingerprint density at radius 3 is 1.81 bits per heavy atom. The van der Waals surface area contributed by atoms with E-state index in [1.165, 1.54) is 96.3 Å². The van der Waals surface area contributed by atoms with Crippen LogP contribution >= 0.6 is 0 Å². The van der Waals surface area contributed by atoms with Crippen LogP contribution in [-0.4, -0.2) is 31.9 Å². The smallest absolute Gasteiger partial charge is 0.306 e. The predicted molar refractivity (Wildman–Crippen MR) is 172 cm³/mol. The van der Waals surface area contributed by atoms with Gasteiger partial charge in [0.15, 0.2) is 12.4 Å². The fourth-order valence-electron chi connectivity index (χ4n) is 5.15. The van der Waals surface area contributed by atoms with Gasteiger partial charge in [0.05, 0.1) is 19.6 Å². The summed E-state index contributed by atoms with van der Waals surface area (Å²) in [5, 5.41) is 0. The second-order valence-electron chi connectivity index (χ2n) is 11.7. The van der Waals surface area contributed by atoms with Crippen LogP contribution in [0.4, 0.5) is 0 Å². The van der Waals surface area contributed by atoms with Gasteiger partial charge in [0.2, 0.25) is 0 Å². The lowest BCUT2D eigenvalue weighted by Gasteiger charge is -2.18. The van der Waals surface area contributed by atoms with Crippen molar-refractivity contribution in [2.45, 2.75) is 142 Å². The van der Waals surface area contributed by atoms with E-state index in [9.17, 15) is 4.79 Å². The number of ether oxygens (including phenoxy) is 3. The third kappa shape index (κ3) is 20.6. The molecule has 1 aromatic carbocycles. The third-order valence-electron chi connectivity index (χ3n) is 7.78. The number of unbranched alkanes of at least 4 members (excludes halogenated alkanes) is 15. The lowest BCUT2D eigenvalue weighted by atomic mass is 10.0. The molecule has 2 aromatic rings. The standard InChI is InChI=1S/C37H60NO4/c1-2-3-4-5-6-7-8-9-10-11-12-13-14-15-16-23-31-40-33-36(41-32-35-25-19-17-20-26-35)34-42-37(39)27-24-30-38-28-21-18-22-29-38/h17-22,25-26,28-29,36H,2-16,23-24,27,30-34H2,1H3/q+1/t36-/m0/s1. The van der Waals surface area contributed by atoms with Crippen molar-refractivity contribution < 1.29 is 23.6 Å². The highest BCUT2D eigenvalue weighted by Gasteiger charge is 2.14. The van der Waals surface area contributed by atoms with Crippen LogP contribution < -0.4 is 4.57 Å². The van der Waals surface area contributed by atoms with E-state index in [1.807, 2.05) is 60.9 Å². The quantitative estimate of drug-likeness (QED) is 0.0570. The van der Waals surface area contributed by atoms with E-state index in [0.717, 1.165) is 31.6 Å². The van der Waals surface area contributed by atoms with Gasteiger partial charge in [-0.2, -0.15) is 0 Å². The molecule has 0 unspecified atom stereocenters. The maximum absolute atomic E-state index is 12.3. The molecule has 0 saturated heterocycles. The maximum Gasteiger partial charge on any atom is 0.306 e. The number of aryl methyl sites for hydroxylation is 1. The number of nitrogens with zero attached hydrogens (tertiary/aromatic N) is 1. The summed E-state index contributed by atoms with van der Waals surface area (Å²) in [6.45, 7) is 4.96. The molecule has 0 aliphatic heterocycles. The minimum absolute atomic E-state index is 0.183. The lowest BCUT2D eigenvalue weighted by Crippen LogP contribution is -2.32. The molecule has 0 aliphatic carbocycles. The highest BCUT2D eigenvalue weighted by Crippen LogP contribution is 2.14. The second-order valence-corrected chi connectivity index (χ2v) is 11.7. The van der Waals surface area contributed by atoms with Crippen LogP contribution in [-0.2, 0) is 32.2 Å². The van der Waals surface area contributed by atoms with E-state index in [0.29, 0.717) is 19.6 Å². The Balaban J connectivity index is 1.48. The van der Waals surface area contributed by atoms with Crippen molar-refractivity contribution in [1.29, 1.82) is 0 Å². The second kappa shape index (κ2) is 26.4. The first kappa shape index (κ1) is 36.0. The van der Waals surface area contributed by atoms with Gasteiger partial charge in [-0.25, -0.2) is 4.57 Å². The van der Waals surface area contributed by atoms with Crippen molar-refractivity contribution in [1.82, 2.24) is 0 Å². The van der Waals surface area contributed by atoms with Crippen molar-refractivity contribution in [3.05, 3.63) is 66.5 Å². The van der Waals surface area contributed by atoms with Gasteiger partial charge in [-0.05, 0) is 12.0 Å². The van der Waals surface area contributed by atoms with Gasteiger partial charge in [-0.15, -0.1) is 0 Å². The number of rotatable bonds is 28. The van der Waals surface area contributed by atoms with Crippen LogP contribution in [0.25, 0.3) is 0 Å². The first-order valence-corrected chi connectivity index (χ1v) is 17.1.